The molecule has 0 aliphatic heterocycles. The van der Waals surface area contributed by atoms with Gasteiger partial charge in [0.1, 0.15) is 0 Å². The van der Waals surface area contributed by atoms with E-state index in [0.29, 0.717) is 0 Å². The van der Waals surface area contributed by atoms with E-state index in [1.54, 1.807) is 0 Å². The van der Waals surface area contributed by atoms with Crippen LogP contribution < -0.4 is 5.32 Å². The first-order valence-corrected chi connectivity index (χ1v) is 6.77. The molecule has 0 aromatic heterocycles. The van der Waals surface area contributed by atoms with E-state index >= 15 is 0 Å². The van der Waals surface area contributed by atoms with Gasteiger partial charge in [-0.15, -0.1) is 0 Å². The number of allylic oxidation sites excluding steroid dienone is 2. The molecule has 0 aliphatic carbocycles. The van der Waals surface area contributed by atoms with Crippen molar-refractivity contribution < 1.29 is 0 Å². The summed E-state index contributed by atoms with van der Waals surface area (Å²) >= 11 is 0. The number of hydrogen-bond acceptors (Lipinski definition) is 2. The average Bonchev–Trinajstić information content (AvgIpc) is 2.48. The number of benzene rings is 2. The Kier molecular flexibility index (Phi) is 4.72. The van der Waals surface area contributed by atoms with Crippen LogP contribution in [0.3, 0.4) is 0 Å². The highest BCUT2D eigenvalue weighted by Gasteiger charge is 2.02. The second-order valence-electron chi connectivity index (χ2n) is 4.77. The van der Waals surface area contributed by atoms with E-state index in [4.69, 9.17) is 0 Å². The van der Waals surface area contributed by atoms with Crippen LogP contribution in [0.2, 0.25) is 0 Å². The number of nitrogens with zero attached hydrogens (tertiary/aromatic N) is 1. The number of aliphatic imine (C=N–C) groups is 1. The molecule has 2 aromatic rings. The normalized spacial score (nSPS) is 12.8. The molecule has 2 rings (SSSR count). The van der Waals surface area contributed by atoms with Crippen LogP contribution in [0.25, 0.3) is 0 Å². The van der Waals surface area contributed by atoms with Gasteiger partial charge in [0.2, 0.25) is 0 Å². The fourth-order valence-corrected chi connectivity index (χ4v) is 1.88. The zero-order chi connectivity index (χ0) is 14.4. The van der Waals surface area contributed by atoms with E-state index in [2.05, 4.69) is 36.3 Å². The highest BCUT2D eigenvalue weighted by molar-refractivity contribution is 6.00. The van der Waals surface area contributed by atoms with Gasteiger partial charge in [0.05, 0.1) is 5.69 Å². The van der Waals surface area contributed by atoms with E-state index < -0.39 is 0 Å². The van der Waals surface area contributed by atoms with E-state index in [1.807, 2.05) is 55.5 Å². The highest BCUT2D eigenvalue weighted by Crippen LogP contribution is 2.16. The van der Waals surface area contributed by atoms with E-state index in [-0.39, 0.29) is 0 Å². The Morgan fingerprint density at radius 2 is 1.35 bits per heavy atom. The summed E-state index contributed by atoms with van der Waals surface area (Å²) in [5, 5.41) is 3.41. The van der Waals surface area contributed by atoms with Crippen LogP contribution in [0.15, 0.2) is 76.9 Å². The van der Waals surface area contributed by atoms with Crippen LogP contribution in [0, 0.1) is 0 Å². The van der Waals surface area contributed by atoms with Crippen LogP contribution in [0.4, 0.5) is 11.4 Å². The van der Waals surface area contributed by atoms with E-state index in [0.717, 1.165) is 28.4 Å². The molecular weight excluding hydrogens is 244 g/mol. The Morgan fingerprint density at radius 1 is 0.800 bits per heavy atom. The van der Waals surface area contributed by atoms with Gasteiger partial charge in [0.15, 0.2) is 0 Å². The third-order valence-electron chi connectivity index (χ3n) is 3.26. The SMILES string of the molecule is CC(=Nc1ccccc1)/C(C)=C(\C)Nc1ccccc1. The molecule has 0 saturated carbocycles. The number of anilines is 1. The smallest absolute Gasteiger partial charge is 0.0632 e. The first kappa shape index (κ1) is 14.1. The molecule has 0 atom stereocenters. The maximum Gasteiger partial charge on any atom is 0.0632 e. The monoisotopic (exact) mass is 264 g/mol. The molecule has 0 spiro atoms. The zero-order valence-corrected chi connectivity index (χ0v) is 12.2. The predicted octanol–water partition coefficient (Wildman–Crippen LogP) is 5.19. The Hall–Kier alpha value is -2.35. The number of para-hydroxylation sites is 2. The summed E-state index contributed by atoms with van der Waals surface area (Å²) < 4.78 is 0. The van der Waals surface area contributed by atoms with Crippen LogP contribution in [-0.2, 0) is 0 Å². The molecule has 20 heavy (non-hydrogen) atoms. The highest BCUT2D eigenvalue weighted by atomic mass is 14.9. The van der Waals surface area contributed by atoms with Crippen molar-refractivity contribution in [3.8, 4) is 0 Å². The van der Waals surface area contributed by atoms with Crippen molar-refractivity contribution in [2.24, 2.45) is 4.99 Å². The van der Waals surface area contributed by atoms with Crippen molar-refractivity contribution in [2.75, 3.05) is 5.32 Å². The Balaban J connectivity index is 2.18. The quantitative estimate of drug-likeness (QED) is 0.755. The zero-order valence-electron chi connectivity index (χ0n) is 12.2. The lowest BCUT2D eigenvalue weighted by Crippen LogP contribution is -2.04. The molecule has 0 bridgehead atoms. The molecule has 0 radical (unpaired) electrons. The van der Waals surface area contributed by atoms with Crippen LogP contribution >= 0.6 is 0 Å². The summed E-state index contributed by atoms with van der Waals surface area (Å²) in [6.07, 6.45) is 0. The second-order valence-corrected chi connectivity index (χ2v) is 4.77. The second kappa shape index (κ2) is 6.71. The summed E-state index contributed by atoms with van der Waals surface area (Å²) in [7, 11) is 0. The number of hydrogen-bond donors (Lipinski definition) is 1. The lowest BCUT2D eigenvalue weighted by Gasteiger charge is -2.11. The summed E-state index contributed by atoms with van der Waals surface area (Å²) in [6.45, 7) is 6.21. The van der Waals surface area contributed by atoms with E-state index in [9.17, 15) is 0 Å². The Morgan fingerprint density at radius 3 is 1.95 bits per heavy atom. The Labute approximate surface area is 120 Å². The van der Waals surface area contributed by atoms with Crippen molar-refractivity contribution in [3.05, 3.63) is 71.9 Å². The topological polar surface area (TPSA) is 24.4 Å². The first-order chi connectivity index (χ1) is 9.66. The van der Waals surface area contributed by atoms with Gasteiger partial charge in [-0.3, -0.25) is 4.99 Å². The van der Waals surface area contributed by atoms with Gasteiger partial charge in [-0.25, -0.2) is 0 Å². The van der Waals surface area contributed by atoms with Gasteiger partial charge in [-0.2, -0.15) is 0 Å². The average molecular weight is 264 g/mol. The molecule has 0 heterocycles. The number of nitrogens with one attached hydrogen (secondary N) is 1. The summed E-state index contributed by atoms with van der Waals surface area (Å²) in [5.74, 6) is 0. The molecule has 0 aliphatic rings. The fraction of sp³-hybridized carbons (Fsp3) is 0.167. The molecular formula is C18H20N2. The minimum atomic E-state index is 0.983. The summed E-state index contributed by atoms with van der Waals surface area (Å²) in [6, 6.07) is 20.2. The van der Waals surface area contributed by atoms with Crippen LogP contribution in [0.1, 0.15) is 20.8 Å². The standard InChI is InChI=1S/C18H20N2/c1-14(15(2)19-17-10-6-4-7-11-17)16(3)20-18-12-8-5-9-13-18/h4-13,19H,1-3H3/b15-14+,20-16?. The fourth-order valence-electron chi connectivity index (χ4n) is 1.88. The third-order valence-corrected chi connectivity index (χ3v) is 3.26. The minimum Gasteiger partial charge on any atom is -0.359 e. The van der Waals surface area contributed by atoms with Crippen molar-refractivity contribution in [1.29, 1.82) is 0 Å². The molecule has 0 fully saturated rings. The summed E-state index contributed by atoms with van der Waals surface area (Å²) in [4.78, 5) is 4.64. The van der Waals surface area contributed by atoms with Crippen molar-refractivity contribution >= 4 is 17.1 Å². The van der Waals surface area contributed by atoms with Gasteiger partial charge in [-0.1, -0.05) is 36.4 Å². The molecule has 102 valence electrons. The molecule has 1 N–H and O–H groups in total. The third kappa shape index (κ3) is 3.82. The molecule has 0 amide bonds. The van der Waals surface area contributed by atoms with Gasteiger partial charge in [0.25, 0.3) is 0 Å². The molecule has 0 saturated heterocycles. The van der Waals surface area contributed by atoms with Crippen molar-refractivity contribution in [1.82, 2.24) is 0 Å². The molecule has 2 aromatic carbocycles. The van der Waals surface area contributed by atoms with Gasteiger partial charge >= 0.3 is 0 Å². The maximum absolute atomic E-state index is 4.64. The molecule has 0 unspecified atom stereocenters. The maximum atomic E-state index is 4.64. The lowest BCUT2D eigenvalue weighted by molar-refractivity contribution is 1.30. The summed E-state index contributed by atoms with van der Waals surface area (Å²) in [5.41, 5.74) is 5.39. The van der Waals surface area contributed by atoms with Gasteiger partial charge < -0.3 is 5.32 Å². The van der Waals surface area contributed by atoms with Crippen LogP contribution in [0.5, 0.6) is 0 Å². The lowest BCUT2D eigenvalue weighted by atomic mass is 10.1. The first-order valence-electron chi connectivity index (χ1n) is 6.77. The molecule has 2 heteroatoms. The minimum absolute atomic E-state index is 0.983. The van der Waals surface area contributed by atoms with E-state index in [1.165, 1.54) is 0 Å². The van der Waals surface area contributed by atoms with Gasteiger partial charge in [-0.05, 0) is 50.6 Å². The van der Waals surface area contributed by atoms with Gasteiger partial charge in [0, 0.05) is 17.1 Å². The van der Waals surface area contributed by atoms with Crippen LogP contribution in [-0.4, -0.2) is 5.71 Å². The number of rotatable bonds is 4. The predicted molar refractivity (Wildman–Crippen MR) is 87.6 cm³/mol. The van der Waals surface area contributed by atoms with Crippen molar-refractivity contribution in [3.63, 3.8) is 0 Å². The molecule has 2 nitrogen and oxygen atoms in total. The Bertz CT molecular complexity index is 610. The van der Waals surface area contributed by atoms with Crippen molar-refractivity contribution in [2.45, 2.75) is 20.8 Å². The largest absolute Gasteiger partial charge is 0.359 e.